The van der Waals surface area contributed by atoms with Crippen LogP contribution in [0, 0.1) is 17.8 Å². The molecule has 3 atom stereocenters. The molecule has 0 aromatic carbocycles. The lowest BCUT2D eigenvalue weighted by molar-refractivity contribution is 0.117. The van der Waals surface area contributed by atoms with Crippen molar-refractivity contribution in [1.29, 1.82) is 0 Å². The largest absolute Gasteiger partial charge is 0.467 e. The lowest BCUT2D eigenvalue weighted by atomic mass is 10.0. The van der Waals surface area contributed by atoms with Crippen LogP contribution < -0.4 is 0 Å². The van der Waals surface area contributed by atoms with E-state index in [4.69, 9.17) is 4.42 Å². The maximum absolute atomic E-state index is 10.1. The molecular formula is C12H16O2. The number of hydrogen-bond donors (Lipinski definition) is 1. The van der Waals surface area contributed by atoms with E-state index in [1.165, 1.54) is 25.7 Å². The zero-order chi connectivity index (χ0) is 9.54. The first-order valence-corrected chi connectivity index (χ1v) is 5.59. The Kier molecular flexibility index (Phi) is 1.91. The first kappa shape index (κ1) is 8.54. The molecule has 2 fully saturated rings. The lowest BCUT2D eigenvalue weighted by Crippen LogP contribution is -2.00. The van der Waals surface area contributed by atoms with E-state index in [-0.39, 0.29) is 6.10 Å². The van der Waals surface area contributed by atoms with Gasteiger partial charge in [-0.1, -0.05) is 12.8 Å². The topological polar surface area (TPSA) is 33.4 Å². The Morgan fingerprint density at radius 2 is 2.00 bits per heavy atom. The second kappa shape index (κ2) is 3.13. The number of furan rings is 1. The van der Waals surface area contributed by atoms with E-state index in [1.807, 2.05) is 12.1 Å². The van der Waals surface area contributed by atoms with Crippen LogP contribution in [0.15, 0.2) is 22.8 Å². The highest BCUT2D eigenvalue weighted by Gasteiger charge is 2.54. The summed E-state index contributed by atoms with van der Waals surface area (Å²) in [7, 11) is 0. The molecule has 1 heterocycles. The fourth-order valence-corrected chi connectivity index (χ4v) is 3.17. The molecule has 3 unspecified atom stereocenters. The van der Waals surface area contributed by atoms with Gasteiger partial charge in [0.05, 0.1) is 6.26 Å². The molecule has 3 rings (SSSR count). The van der Waals surface area contributed by atoms with E-state index >= 15 is 0 Å². The van der Waals surface area contributed by atoms with E-state index in [1.54, 1.807) is 6.26 Å². The summed E-state index contributed by atoms with van der Waals surface area (Å²) in [5.74, 6) is 2.81. The summed E-state index contributed by atoms with van der Waals surface area (Å²) >= 11 is 0. The van der Waals surface area contributed by atoms with Gasteiger partial charge in [0, 0.05) is 0 Å². The monoisotopic (exact) mass is 192 g/mol. The summed E-state index contributed by atoms with van der Waals surface area (Å²) in [5.41, 5.74) is 0. The highest BCUT2D eigenvalue weighted by Crippen LogP contribution is 2.60. The summed E-state index contributed by atoms with van der Waals surface area (Å²) in [6.07, 6.45) is 6.62. The van der Waals surface area contributed by atoms with Gasteiger partial charge in [0.15, 0.2) is 0 Å². The summed E-state index contributed by atoms with van der Waals surface area (Å²) in [6, 6.07) is 3.74. The first-order valence-electron chi connectivity index (χ1n) is 5.59. The quantitative estimate of drug-likeness (QED) is 0.781. The fourth-order valence-electron chi connectivity index (χ4n) is 3.17. The standard InChI is InChI=1S/C12H16O2/c13-12(10-6-3-7-14-10)11-8-4-1-2-5-9(8)11/h3,6-9,11-13H,1-2,4-5H2. The van der Waals surface area contributed by atoms with Gasteiger partial charge >= 0.3 is 0 Å². The van der Waals surface area contributed by atoms with Gasteiger partial charge in [-0.2, -0.15) is 0 Å². The molecule has 1 N–H and O–H groups in total. The van der Waals surface area contributed by atoms with Gasteiger partial charge in [0.25, 0.3) is 0 Å². The summed E-state index contributed by atoms with van der Waals surface area (Å²) in [5, 5.41) is 10.1. The van der Waals surface area contributed by atoms with Gasteiger partial charge in [-0.15, -0.1) is 0 Å². The van der Waals surface area contributed by atoms with Crippen LogP contribution in [0.4, 0.5) is 0 Å². The number of aliphatic hydroxyl groups excluding tert-OH is 1. The molecule has 0 amide bonds. The van der Waals surface area contributed by atoms with Crippen LogP contribution >= 0.6 is 0 Å². The summed E-state index contributed by atoms with van der Waals surface area (Å²) < 4.78 is 5.25. The Labute approximate surface area is 83.9 Å². The average Bonchev–Trinajstić information content (AvgIpc) is 2.70. The number of fused-ring (bicyclic) bond motifs is 1. The van der Waals surface area contributed by atoms with Crippen LogP contribution in [0.1, 0.15) is 37.5 Å². The van der Waals surface area contributed by atoms with E-state index in [9.17, 15) is 5.11 Å². The van der Waals surface area contributed by atoms with Gasteiger partial charge in [0.1, 0.15) is 11.9 Å². The minimum absolute atomic E-state index is 0.349. The zero-order valence-corrected chi connectivity index (χ0v) is 8.23. The Bertz CT molecular complexity index is 292. The molecular weight excluding hydrogens is 176 g/mol. The minimum atomic E-state index is -0.349. The molecule has 2 aliphatic carbocycles. The highest BCUT2D eigenvalue weighted by atomic mass is 16.4. The molecule has 2 heteroatoms. The molecule has 0 spiro atoms. The number of aliphatic hydroxyl groups is 1. The van der Waals surface area contributed by atoms with Crippen molar-refractivity contribution < 1.29 is 9.52 Å². The Morgan fingerprint density at radius 1 is 1.29 bits per heavy atom. The molecule has 2 aliphatic rings. The maximum atomic E-state index is 10.1. The van der Waals surface area contributed by atoms with Gasteiger partial charge in [0.2, 0.25) is 0 Å². The second-order valence-corrected chi connectivity index (χ2v) is 4.65. The van der Waals surface area contributed by atoms with E-state index in [2.05, 4.69) is 0 Å². The molecule has 0 saturated heterocycles. The third-order valence-corrected chi connectivity index (χ3v) is 3.92. The van der Waals surface area contributed by atoms with Crippen LogP contribution in [0.25, 0.3) is 0 Å². The SMILES string of the molecule is OC(c1ccco1)C1C2CCCCC21. The molecule has 14 heavy (non-hydrogen) atoms. The van der Waals surface area contributed by atoms with Crippen LogP contribution in [0.3, 0.4) is 0 Å². The Hall–Kier alpha value is -0.760. The van der Waals surface area contributed by atoms with E-state index in [0.29, 0.717) is 5.92 Å². The average molecular weight is 192 g/mol. The normalized spacial score (nSPS) is 37.6. The van der Waals surface area contributed by atoms with Gasteiger partial charge in [-0.25, -0.2) is 0 Å². The summed E-state index contributed by atoms with van der Waals surface area (Å²) in [4.78, 5) is 0. The smallest absolute Gasteiger partial charge is 0.132 e. The van der Waals surface area contributed by atoms with Crippen LogP contribution in [-0.4, -0.2) is 5.11 Å². The molecule has 2 nitrogen and oxygen atoms in total. The van der Waals surface area contributed by atoms with Crippen molar-refractivity contribution in [3.8, 4) is 0 Å². The lowest BCUT2D eigenvalue weighted by Gasteiger charge is -2.05. The predicted molar refractivity (Wildman–Crippen MR) is 52.6 cm³/mol. The molecule has 1 aromatic heterocycles. The van der Waals surface area contributed by atoms with Crippen molar-refractivity contribution in [3.63, 3.8) is 0 Å². The Balaban J connectivity index is 1.72. The maximum Gasteiger partial charge on any atom is 0.132 e. The van der Waals surface area contributed by atoms with Crippen molar-refractivity contribution >= 4 is 0 Å². The molecule has 0 radical (unpaired) electrons. The zero-order valence-electron chi connectivity index (χ0n) is 8.23. The molecule has 0 bridgehead atoms. The van der Waals surface area contributed by atoms with Gasteiger partial charge < -0.3 is 9.52 Å². The molecule has 2 saturated carbocycles. The van der Waals surface area contributed by atoms with Crippen LogP contribution in [0.2, 0.25) is 0 Å². The highest BCUT2D eigenvalue weighted by molar-refractivity contribution is 5.11. The minimum Gasteiger partial charge on any atom is -0.467 e. The van der Waals surface area contributed by atoms with Gasteiger partial charge in [-0.05, 0) is 42.7 Å². The molecule has 0 aliphatic heterocycles. The number of hydrogen-bond acceptors (Lipinski definition) is 2. The molecule has 1 aromatic rings. The van der Waals surface area contributed by atoms with Crippen LogP contribution in [0.5, 0.6) is 0 Å². The Morgan fingerprint density at radius 3 is 2.57 bits per heavy atom. The van der Waals surface area contributed by atoms with E-state index < -0.39 is 0 Å². The number of rotatable bonds is 2. The summed E-state index contributed by atoms with van der Waals surface area (Å²) in [6.45, 7) is 0. The molecule has 76 valence electrons. The first-order chi connectivity index (χ1) is 6.88. The van der Waals surface area contributed by atoms with Crippen molar-refractivity contribution in [2.45, 2.75) is 31.8 Å². The van der Waals surface area contributed by atoms with Crippen molar-refractivity contribution in [3.05, 3.63) is 24.2 Å². The van der Waals surface area contributed by atoms with Crippen LogP contribution in [-0.2, 0) is 0 Å². The van der Waals surface area contributed by atoms with Crippen molar-refractivity contribution in [2.75, 3.05) is 0 Å². The fraction of sp³-hybridized carbons (Fsp3) is 0.667. The van der Waals surface area contributed by atoms with E-state index in [0.717, 1.165) is 17.6 Å². The van der Waals surface area contributed by atoms with Crippen molar-refractivity contribution in [2.24, 2.45) is 17.8 Å². The second-order valence-electron chi connectivity index (χ2n) is 4.65. The van der Waals surface area contributed by atoms with Gasteiger partial charge in [-0.3, -0.25) is 0 Å². The predicted octanol–water partition coefficient (Wildman–Crippen LogP) is 2.75. The third kappa shape index (κ3) is 1.21. The third-order valence-electron chi connectivity index (χ3n) is 3.92. The van der Waals surface area contributed by atoms with Crippen molar-refractivity contribution in [1.82, 2.24) is 0 Å².